The van der Waals surface area contributed by atoms with Crippen molar-refractivity contribution in [2.45, 2.75) is 25.0 Å². The Morgan fingerprint density at radius 3 is 1.69 bits per heavy atom. The molecule has 0 aliphatic rings. The maximum Gasteiger partial charge on any atom is 0.0697 e. The summed E-state index contributed by atoms with van der Waals surface area (Å²) in [6.45, 7) is -0.261. The molecule has 0 bridgehead atoms. The Balaban J connectivity index is 4.13. The van der Waals surface area contributed by atoms with Crippen LogP contribution >= 0.6 is 0 Å². The third-order valence-electron chi connectivity index (χ3n) is 2.38. The van der Waals surface area contributed by atoms with Crippen molar-refractivity contribution in [1.29, 1.82) is 0 Å². The molecule has 0 saturated heterocycles. The van der Waals surface area contributed by atoms with Crippen LogP contribution in [0.3, 0.4) is 0 Å². The van der Waals surface area contributed by atoms with E-state index in [0.717, 1.165) is 0 Å². The topological polar surface area (TPSA) is 110 Å². The van der Waals surface area contributed by atoms with Gasteiger partial charge in [0.25, 0.3) is 0 Å². The summed E-state index contributed by atoms with van der Waals surface area (Å²) in [6, 6.07) is 0. The first-order valence-corrected chi connectivity index (χ1v) is 5.43. The number of aliphatic hydroxyl groups excluding tert-OH is 5. The maximum absolute atomic E-state index is 9.66. The molecular weight excluding hydrogens is 216 g/mol. The van der Waals surface area contributed by atoms with Crippen LogP contribution in [-0.2, 0) is 4.74 Å². The van der Waals surface area contributed by atoms with Gasteiger partial charge in [-0.05, 0) is 12.8 Å². The summed E-state index contributed by atoms with van der Waals surface area (Å²) < 4.78 is 5.05. The molecule has 0 radical (unpaired) electrons. The molecule has 5 N–H and O–H groups in total. The van der Waals surface area contributed by atoms with E-state index in [1.807, 2.05) is 0 Å². The fraction of sp³-hybridized carbons (Fsp3) is 1.00. The highest BCUT2D eigenvalue weighted by molar-refractivity contribution is 4.76. The molecule has 0 spiro atoms. The quantitative estimate of drug-likeness (QED) is 0.284. The van der Waals surface area contributed by atoms with E-state index in [-0.39, 0.29) is 45.9 Å². The zero-order valence-corrected chi connectivity index (χ0v) is 9.33. The van der Waals surface area contributed by atoms with Crippen molar-refractivity contribution >= 4 is 0 Å². The Labute approximate surface area is 95.1 Å². The van der Waals surface area contributed by atoms with E-state index in [2.05, 4.69) is 0 Å². The van der Waals surface area contributed by atoms with Crippen molar-refractivity contribution in [3.63, 3.8) is 0 Å². The molecule has 0 rings (SSSR count). The Hall–Kier alpha value is -0.240. The molecule has 0 aliphatic heterocycles. The van der Waals surface area contributed by atoms with Crippen LogP contribution < -0.4 is 0 Å². The Kier molecular flexibility index (Phi) is 9.80. The van der Waals surface area contributed by atoms with Crippen LogP contribution in [0.5, 0.6) is 0 Å². The summed E-state index contributed by atoms with van der Waals surface area (Å²) in [6.07, 6.45) is -1.47. The van der Waals surface area contributed by atoms with E-state index in [1.165, 1.54) is 0 Å². The lowest BCUT2D eigenvalue weighted by molar-refractivity contribution is -0.0548. The van der Waals surface area contributed by atoms with Crippen LogP contribution in [-0.4, -0.2) is 70.8 Å². The van der Waals surface area contributed by atoms with E-state index in [4.69, 9.17) is 20.1 Å². The largest absolute Gasteiger partial charge is 0.396 e. The highest BCUT2D eigenvalue weighted by Crippen LogP contribution is 2.15. The summed E-state index contributed by atoms with van der Waals surface area (Å²) in [4.78, 5) is 0. The highest BCUT2D eigenvalue weighted by atomic mass is 16.5. The molecule has 6 nitrogen and oxygen atoms in total. The SMILES string of the molecule is OCCOCC(C(O)CCO)C(O)CCO. The molecule has 0 aromatic rings. The number of ether oxygens (including phenoxy) is 1. The molecule has 0 aromatic carbocycles. The molecule has 0 fully saturated rings. The van der Waals surface area contributed by atoms with Crippen LogP contribution in [0, 0.1) is 5.92 Å². The number of aliphatic hydroxyl groups is 5. The van der Waals surface area contributed by atoms with Crippen molar-refractivity contribution in [2.24, 2.45) is 5.92 Å². The van der Waals surface area contributed by atoms with Gasteiger partial charge in [-0.2, -0.15) is 0 Å². The van der Waals surface area contributed by atoms with E-state index in [9.17, 15) is 10.2 Å². The summed E-state index contributed by atoms with van der Waals surface area (Å²) in [5.41, 5.74) is 0. The molecule has 2 unspecified atom stereocenters. The third kappa shape index (κ3) is 6.37. The highest BCUT2D eigenvalue weighted by Gasteiger charge is 2.26. The molecular formula is C10H22O6. The van der Waals surface area contributed by atoms with Crippen molar-refractivity contribution in [1.82, 2.24) is 0 Å². The summed E-state index contributed by atoms with van der Waals surface area (Å²) >= 11 is 0. The minimum atomic E-state index is -0.884. The van der Waals surface area contributed by atoms with Gasteiger partial charge >= 0.3 is 0 Å². The van der Waals surface area contributed by atoms with Gasteiger partial charge in [0.05, 0.1) is 32.0 Å². The van der Waals surface area contributed by atoms with Gasteiger partial charge in [-0.1, -0.05) is 0 Å². The lowest BCUT2D eigenvalue weighted by atomic mass is 9.93. The fourth-order valence-electron chi connectivity index (χ4n) is 1.46. The molecule has 98 valence electrons. The minimum absolute atomic E-state index is 0.0862. The monoisotopic (exact) mass is 238 g/mol. The van der Waals surface area contributed by atoms with Gasteiger partial charge in [0.2, 0.25) is 0 Å². The number of rotatable bonds is 10. The van der Waals surface area contributed by atoms with Crippen LogP contribution in [0.25, 0.3) is 0 Å². The smallest absolute Gasteiger partial charge is 0.0697 e. The van der Waals surface area contributed by atoms with Crippen LogP contribution in [0.1, 0.15) is 12.8 Å². The lowest BCUT2D eigenvalue weighted by Crippen LogP contribution is -2.37. The first-order valence-electron chi connectivity index (χ1n) is 5.43. The average molecular weight is 238 g/mol. The van der Waals surface area contributed by atoms with Crippen molar-refractivity contribution in [3.05, 3.63) is 0 Å². The molecule has 0 heterocycles. The first-order chi connectivity index (χ1) is 7.67. The molecule has 16 heavy (non-hydrogen) atoms. The van der Waals surface area contributed by atoms with Gasteiger partial charge in [0.1, 0.15) is 0 Å². The summed E-state index contributed by atoms with van der Waals surface area (Å²) in [5.74, 6) is -0.564. The zero-order valence-electron chi connectivity index (χ0n) is 9.33. The minimum Gasteiger partial charge on any atom is -0.396 e. The molecule has 6 heteroatoms. The van der Waals surface area contributed by atoms with E-state index < -0.39 is 18.1 Å². The van der Waals surface area contributed by atoms with E-state index in [0.29, 0.717) is 0 Å². The molecule has 0 aromatic heterocycles. The molecule has 0 saturated carbocycles. The van der Waals surface area contributed by atoms with Crippen LogP contribution in [0.15, 0.2) is 0 Å². The fourth-order valence-corrected chi connectivity index (χ4v) is 1.46. The Bertz CT molecular complexity index is 142. The Morgan fingerprint density at radius 2 is 1.31 bits per heavy atom. The second-order valence-electron chi connectivity index (χ2n) is 3.62. The van der Waals surface area contributed by atoms with E-state index >= 15 is 0 Å². The number of hydrogen-bond acceptors (Lipinski definition) is 6. The van der Waals surface area contributed by atoms with Crippen molar-refractivity contribution in [2.75, 3.05) is 33.0 Å². The van der Waals surface area contributed by atoms with Crippen LogP contribution in [0.4, 0.5) is 0 Å². The van der Waals surface area contributed by atoms with Gasteiger partial charge in [0.15, 0.2) is 0 Å². The van der Waals surface area contributed by atoms with Gasteiger partial charge in [0, 0.05) is 19.1 Å². The lowest BCUT2D eigenvalue weighted by Gasteiger charge is -2.26. The molecule has 0 aliphatic carbocycles. The van der Waals surface area contributed by atoms with Gasteiger partial charge in [-0.15, -0.1) is 0 Å². The Morgan fingerprint density at radius 1 is 0.812 bits per heavy atom. The predicted octanol–water partition coefficient (Wildman–Crippen LogP) is -1.90. The second-order valence-corrected chi connectivity index (χ2v) is 3.62. The third-order valence-corrected chi connectivity index (χ3v) is 2.38. The average Bonchev–Trinajstić information content (AvgIpc) is 2.25. The maximum atomic E-state index is 9.66. The van der Waals surface area contributed by atoms with E-state index in [1.54, 1.807) is 0 Å². The normalized spacial score (nSPS) is 17.1. The van der Waals surface area contributed by atoms with Crippen molar-refractivity contribution in [3.8, 4) is 0 Å². The van der Waals surface area contributed by atoms with Crippen LogP contribution in [0.2, 0.25) is 0 Å². The van der Waals surface area contributed by atoms with Gasteiger partial charge in [-0.3, -0.25) is 0 Å². The van der Waals surface area contributed by atoms with Gasteiger partial charge < -0.3 is 30.3 Å². The summed E-state index contributed by atoms with van der Waals surface area (Å²) in [7, 11) is 0. The second kappa shape index (κ2) is 9.95. The van der Waals surface area contributed by atoms with Crippen molar-refractivity contribution < 1.29 is 30.3 Å². The molecule has 2 atom stereocenters. The zero-order chi connectivity index (χ0) is 12.4. The van der Waals surface area contributed by atoms with Gasteiger partial charge in [-0.25, -0.2) is 0 Å². The first kappa shape index (κ1) is 15.8. The summed E-state index contributed by atoms with van der Waals surface area (Å²) in [5, 5.41) is 45.2. The predicted molar refractivity (Wildman–Crippen MR) is 56.8 cm³/mol. The molecule has 0 amide bonds. The standard InChI is InChI=1S/C10H22O6/c11-3-1-9(14)8(7-16-6-5-13)10(15)2-4-12/h8-15H,1-7H2. The number of hydrogen-bond donors (Lipinski definition) is 5.